The van der Waals surface area contributed by atoms with Gasteiger partial charge in [0, 0.05) is 25.2 Å². The molecular formula is C21H29ClN6O4S. The molecule has 3 rings (SSSR count). The topological polar surface area (TPSA) is 119 Å². The summed E-state index contributed by atoms with van der Waals surface area (Å²) < 4.78 is 10.3. The average molecular weight is 497 g/mol. The van der Waals surface area contributed by atoms with E-state index < -0.39 is 17.7 Å². The van der Waals surface area contributed by atoms with E-state index in [1.54, 1.807) is 13.8 Å². The summed E-state index contributed by atoms with van der Waals surface area (Å²) in [5.74, 6) is 0.595. The number of ether oxygens (including phenoxy) is 2. The molecule has 2 aromatic heterocycles. The van der Waals surface area contributed by atoms with Gasteiger partial charge < -0.3 is 19.7 Å². The summed E-state index contributed by atoms with van der Waals surface area (Å²) in [4.78, 5) is 39.9. The lowest BCUT2D eigenvalue weighted by Gasteiger charge is -2.30. The summed E-state index contributed by atoms with van der Waals surface area (Å²) in [6.07, 6.45) is 1.22. The minimum absolute atomic E-state index is 0.287. The number of nitrogens with zero attached hydrogens (tertiary/aromatic N) is 4. The van der Waals surface area contributed by atoms with Crippen LogP contribution in [0, 0.1) is 6.92 Å². The second-order valence-electron chi connectivity index (χ2n) is 8.44. The summed E-state index contributed by atoms with van der Waals surface area (Å²) in [5.41, 5.74) is 0.887. The van der Waals surface area contributed by atoms with Gasteiger partial charge in [0.25, 0.3) is 0 Å². The largest absolute Gasteiger partial charge is 0.462 e. The summed E-state index contributed by atoms with van der Waals surface area (Å²) in [5, 5.41) is 6.66. The zero-order chi connectivity index (χ0) is 24.2. The number of esters is 1. The van der Waals surface area contributed by atoms with Crippen molar-refractivity contribution in [3.63, 3.8) is 0 Å². The monoisotopic (exact) mass is 496 g/mol. The number of aryl methyl sites for hydroxylation is 1. The molecule has 3 heterocycles. The van der Waals surface area contributed by atoms with Gasteiger partial charge in [-0.2, -0.15) is 4.98 Å². The number of rotatable bonds is 7. The van der Waals surface area contributed by atoms with E-state index in [1.165, 1.54) is 11.3 Å². The van der Waals surface area contributed by atoms with E-state index in [1.807, 2.05) is 20.8 Å². The van der Waals surface area contributed by atoms with Crippen molar-refractivity contribution < 1.29 is 19.1 Å². The number of anilines is 3. The van der Waals surface area contributed by atoms with Gasteiger partial charge in [0.1, 0.15) is 21.4 Å². The molecule has 0 spiro atoms. The van der Waals surface area contributed by atoms with E-state index in [9.17, 15) is 9.59 Å². The Kier molecular flexibility index (Phi) is 7.96. The molecule has 0 aromatic carbocycles. The number of carbonyl (C=O) groups is 2. The number of amides is 1. The summed E-state index contributed by atoms with van der Waals surface area (Å²) in [6, 6.07) is 0. The van der Waals surface area contributed by atoms with Crippen LogP contribution in [0.2, 0.25) is 5.15 Å². The molecule has 180 valence electrons. The lowest BCUT2D eigenvalue weighted by Crippen LogP contribution is -2.40. The van der Waals surface area contributed by atoms with Crippen LogP contribution in [0.5, 0.6) is 0 Å². The highest BCUT2D eigenvalue weighted by molar-refractivity contribution is 7.17. The van der Waals surface area contributed by atoms with Crippen molar-refractivity contribution in [2.75, 3.05) is 36.5 Å². The molecule has 12 heteroatoms. The van der Waals surface area contributed by atoms with Crippen LogP contribution < -0.4 is 15.5 Å². The quantitative estimate of drug-likeness (QED) is 0.431. The van der Waals surface area contributed by atoms with Crippen molar-refractivity contribution in [1.29, 1.82) is 0 Å². The smallest absolute Gasteiger partial charge is 0.407 e. The Hall–Kier alpha value is -2.66. The van der Waals surface area contributed by atoms with Crippen molar-refractivity contribution >= 4 is 51.9 Å². The van der Waals surface area contributed by atoms with Crippen molar-refractivity contribution in [3.8, 4) is 0 Å². The zero-order valence-corrected chi connectivity index (χ0v) is 21.0. The van der Waals surface area contributed by atoms with E-state index in [-0.39, 0.29) is 5.95 Å². The molecule has 0 radical (unpaired) electrons. The van der Waals surface area contributed by atoms with Crippen molar-refractivity contribution in [2.24, 2.45) is 0 Å². The number of fused-ring (bicyclic) bond motifs is 1. The standard InChI is InChI=1S/C21H29ClN6O4S/c1-6-31-17(29)14-12(2)24-19(33-14)27-18-25-15(22)13-8-7-10-28(16(13)26-18)11-9-23-20(30)32-21(3,4)5/h6-11H2,1-5H3,(H,23,30)(H,24,25,26,27). The fraction of sp³-hybridized carbons (Fsp3) is 0.571. The molecule has 10 nitrogen and oxygen atoms in total. The van der Waals surface area contributed by atoms with Crippen molar-refractivity contribution in [3.05, 3.63) is 21.3 Å². The van der Waals surface area contributed by atoms with Gasteiger partial charge in [-0.1, -0.05) is 22.9 Å². The third-order valence-electron chi connectivity index (χ3n) is 4.62. The minimum atomic E-state index is -0.551. The average Bonchev–Trinajstić information content (AvgIpc) is 3.07. The molecule has 1 amide bonds. The Morgan fingerprint density at radius 1 is 1.24 bits per heavy atom. The Morgan fingerprint density at radius 3 is 2.70 bits per heavy atom. The Labute approximate surface area is 202 Å². The molecule has 2 aromatic rings. The fourth-order valence-electron chi connectivity index (χ4n) is 3.29. The maximum absolute atomic E-state index is 12.1. The lowest BCUT2D eigenvalue weighted by atomic mass is 10.1. The SMILES string of the molecule is CCOC(=O)c1sc(Nc2nc(Cl)c3c(n2)N(CCNC(=O)OC(C)(C)C)CCC3)nc1C. The third-order valence-corrected chi connectivity index (χ3v) is 5.98. The highest BCUT2D eigenvalue weighted by atomic mass is 35.5. The van der Waals surface area contributed by atoms with Crippen LogP contribution >= 0.6 is 22.9 Å². The van der Waals surface area contributed by atoms with E-state index >= 15 is 0 Å². The van der Waals surface area contributed by atoms with Crippen molar-refractivity contribution in [2.45, 2.75) is 53.1 Å². The molecule has 0 aliphatic carbocycles. The zero-order valence-electron chi connectivity index (χ0n) is 19.5. The van der Waals surface area contributed by atoms with E-state index in [2.05, 4.69) is 30.5 Å². The molecule has 1 aliphatic heterocycles. The van der Waals surface area contributed by atoms with Gasteiger partial charge in [-0.15, -0.1) is 0 Å². The number of aromatic nitrogens is 3. The van der Waals surface area contributed by atoms with Crippen LogP contribution in [0.3, 0.4) is 0 Å². The first-order chi connectivity index (χ1) is 15.6. The van der Waals surface area contributed by atoms with Gasteiger partial charge in [-0.3, -0.25) is 5.32 Å². The van der Waals surface area contributed by atoms with Crippen LogP contribution in [-0.2, 0) is 15.9 Å². The number of hydrogen-bond donors (Lipinski definition) is 2. The van der Waals surface area contributed by atoms with Gasteiger partial charge in [0.15, 0.2) is 5.13 Å². The van der Waals surface area contributed by atoms with Crippen LogP contribution in [0.1, 0.15) is 55.0 Å². The van der Waals surface area contributed by atoms with Crippen LogP contribution in [-0.4, -0.2) is 58.9 Å². The number of halogens is 1. The molecule has 2 N–H and O–H groups in total. The Balaban J connectivity index is 1.72. The number of nitrogens with one attached hydrogen (secondary N) is 2. The fourth-order valence-corrected chi connectivity index (χ4v) is 4.40. The van der Waals surface area contributed by atoms with Gasteiger partial charge in [-0.05, 0) is 47.5 Å². The Bertz CT molecular complexity index is 1020. The van der Waals surface area contributed by atoms with Gasteiger partial charge in [-0.25, -0.2) is 19.6 Å². The molecule has 0 saturated heterocycles. The van der Waals surface area contributed by atoms with Crippen LogP contribution in [0.15, 0.2) is 0 Å². The second-order valence-corrected chi connectivity index (χ2v) is 9.80. The van der Waals surface area contributed by atoms with Gasteiger partial charge in [0.05, 0.1) is 12.3 Å². The lowest BCUT2D eigenvalue weighted by molar-refractivity contribution is 0.0519. The molecule has 0 unspecified atom stereocenters. The molecule has 0 atom stereocenters. The normalized spacial score (nSPS) is 13.3. The minimum Gasteiger partial charge on any atom is -0.462 e. The predicted molar refractivity (Wildman–Crippen MR) is 128 cm³/mol. The molecule has 1 aliphatic rings. The number of thiazole rings is 1. The summed E-state index contributed by atoms with van der Waals surface area (Å²) in [6.45, 7) is 11.0. The first kappa shape index (κ1) is 25.0. The summed E-state index contributed by atoms with van der Waals surface area (Å²) >= 11 is 7.64. The molecule has 0 saturated carbocycles. The highest BCUT2D eigenvalue weighted by Gasteiger charge is 2.24. The Morgan fingerprint density at radius 2 is 2.00 bits per heavy atom. The highest BCUT2D eigenvalue weighted by Crippen LogP contribution is 2.32. The van der Waals surface area contributed by atoms with Crippen molar-refractivity contribution in [1.82, 2.24) is 20.3 Å². The third kappa shape index (κ3) is 6.67. The first-order valence-corrected chi connectivity index (χ1v) is 12.0. The molecule has 0 fully saturated rings. The summed E-state index contributed by atoms with van der Waals surface area (Å²) in [7, 11) is 0. The van der Waals surface area contributed by atoms with Gasteiger partial charge >= 0.3 is 12.1 Å². The maximum Gasteiger partial charge on any atom is 0.407 e. The number of carbonyl (C=O) groups excluding carboxylic acids is 2. The molecule has 0 bridgehead atoms. The van der Waals surface area contributed by atoms with E-state index in [4.69, 9.17) is 21.1 Å². The number of alkyl carbamates (subject to hydrolysis) is 1. The van der Waals surface area contributed by atoms with E-state index in [0.29, 0.717) is 46.4 Å². The predicted octanol–water partition coefficient (Wildman–Crippen LogP) is 4.09. The van der Waals surface area contributed by atoms with Crippen LogP contribution in [0.4, 0.5) is 21.7 Å². The van der Waals surface area contributed by atoms with Gasteiger partial charge in [0.2, 0.25) is 5.95 Å². The maximum atomic E-state index is 12.1. The van der Waals surface area contributed by atoms with Crippen LogP contribution in [0.25, 0.3) is 0 Å². The number of hydrogen-bond acceptors (Lipinski definition) is 10. The first-order valence-electron chi connectivity index (χ1n) is 10.8. The molecule has 33 heavy (non-hydrogen) atoms. The van der Waals surface area contributed by atoms with E-state index in [0.717, 1.165) is 24.9 Å². The molecular weight excluding hydrogens is 468 g/mol. The second kappa shape index (κ2) is 10.5.